The van der Waals surface area contributed by atoms with Gasteiger partial charge in [0.2, 0.25) is 5.91 Å². The third kappa shape index (κ3) is 20.2. The number of rotatable bonds is 30. The number of aliphatic hydroxyl groups is 7. The van der Waals surface area contributed by atoms with Crippen LogP contribution in [0.2, 0.25) is 0 Å². The Kier molecular flexibility index (Phi) is 25.5. The Morgan fingerprint density at radius 1 is 0.633 bits per heavy atom. The molecule has 0 aromatic carbocycles. The van der Waals surface area contributed by atoms with Gasteiger partial charge in [0.25, 0.3) is 0 Å². The minimum Gasteiger partial charge on any atom is -0.393 e. The van der Waals surface area contributed by atoms with E-state index < -0.39 is 75.2 Å². The van der Waals surface area contributed by atoms with Crippen LogP contribution in [0.15, 0.2) is 0 Å². The normalized spacial score (nSPS) is 25.8. The van der Waals surface area contributed by atoms with Crippen LogP contribution in [0.1, 0.15) is 155 Å². The van der Waals surface area contributed by atoms with Crippen molar-refractivity contribution < 1.29 is 59.0 Å². The highest BCUT2D eigenvalue weighted by Crippen LogP contribution is 2.47. The molecule has 0 heterocycles. The van der Waals surface area contributed by atoms with Crippen LogP contribution >= 0.6 is 7.82 Å². The van der Waals surface area contributed by atoms with E-state index in [2.05, 4.69) is 12.2 Å². The Bertz CT molecular complexity index is 870. The second-order valence-corrected chi connectivity index (χ2v) is 15.4. The summed E-state index contributed by atoms with van der Waals surface area (Å²) >= 11 is 0. The Morgan fingerprint density at radius 2 is 1.02 bits per heavy atom. The van der Waals surface area contributed by atoms with Gasteiger partial charge in [0.15, 0.2) is 0 Å². The molecule has 1 fully saturated rings. The second kappa shape index (κ2) is 27.0. The van der Waals surface area contributed by atoms with Crippen molar-refractivity contribution in [2.75, 3.05) is 6.61 Å². The molecule has 13 nitrogen and oxygen atoms in total. The van der Waals surface area contributed by atoms with Crippen LogP contribution in [0.3, 0.4) is 0 Å². The highest BCUT2D eigenvalue weighted by molar-refractivity contribution is 7.47. The number of carbonyl (C=O) groups is 1. The smallest absolute Gasteiger partial charge is 0.393 e. The zero-order valence-corrected chi connectivity index (χ0v) is 31.0. The number of nitrogens with one attached hydrogen (secondary N) is 1. The summed E-state index contributed by atoms with van der Waals surface area (Å²) in [5, 5.41) is 73.4. The van der Waals surface area contributed by atoms with Crippen LogP contribution in [0, 0.1) is 0 Å². The average Bonchev–Trinajstić information content (AvgIpc) is 3.06. The van der Waals surface area contributed by atoms with E-state index in [4.69, 9.17) is 9.05 Å². The zero-order chi connectivity index (χ0) is 36.7. The van der Waals surface area contributed by atoms with Crippen molar-refractivity contribution in [2.45, 2.75) is 210 Å². The first-order valence-corrected chi connectivity index (χ1v) is 20.6. The van der Waals surface area contributed by atoms with Gasteiger partial charge in [-0.25, -0.2) is 4.57 Å². The monoisotopic (exact) mass is 727 g/mol. The average molecular weight is 728 g/mol. The molecule has 14 heteroatoms. The van der Waals surface area contributed by atoms with Gasteiger partial charge in [0.05, 0.1) is 31.3 Å². The number of unbranched alkanes of at least 4 members (excludes halogenated alkanes) is 17. The fourth-order valence-electron chi connectivity index (χ4n) is 6.24. The summed E-state index contributed by atoms with van der Waals surface area (Å²) in [6, 6.07) is -1.14. The minimum atomic E-state index is -5.08. The second-order valence-electron chi connectivity index (χ2n) is 14.0. The molecule has 1 rings (SSSR count). The first-order chi connectivity index (χ1) is 23.3. The van der Waals surface area contributed by atoms with E-state index in [1.165, 1.54) is 77.0 Å². The lowest BCUT2D eigenvalue weighted by Crippen LogP contribution is -2.64. The summed E-state index contributed by atoms with van der Waals surface area (Å²) in [7, 11) is -5.08. The van der Waals surface area contributed by atoms with E-state index in [0.29, 0.717) is 12.8 Å². The van der Waals surface area contributed by atoms with E-state index in [9.17, 15) is 50.0 Å². The molecule has 0 aromatic heterocycles. The molecule has 9 N–H and O–H groups in total. The van der Waals surface area contributed by atoms with Crippen LogP contribution in [-0.4, -0.2) is 108 Å². The fourth-order valence-corrected chi connectivity index (χ4v) is 7.21. The van der Waals surface area contributed by atoms with Gasteiger partial charge in [-0.3, -0.25) is 13.8 Å². The van der Waals surface area contributed by atoms with Gasteiger partial charge in [-0.1, -0.05) is 136 Å². The Hall–Kier alpha value is -0.700. The molecule has 0 spiro atoms. The quantitative estimate of drug-likeness (QED) is 0.0376. The summed E-state index contributed by atoms with van der Waals surface area (Å²) in [5.74, 6) is -0.570. The van der Waals surface area contributed by atoms with Gasteiger partial charge in [0.1, 0.15) is 36.6 Å². The maximum absolute atomic E-state index is 12.8. The lowest BCUT2D eigenvalue weighted by atomic mass is 9.85. The van der Waals surface area contributed by atoms with Crippen LogP contribution < -0.4 is 5.32 Å². The first-order valence-electron chi connectivity index (χ1n) is 19.1. The van der Waals surface area contributed by atoms with Crippen molar-refractivity contribution in [2.24, 2.45) is 0 Å². The Morgan fingerprint density at radius 3 is 1.49 bits per heavy atom. The van der Waals surface area contributed by atoms with Gasteiger partial charge in [-0.2, -0.15) is 0 Å². The van der Waals surface area contributed by atoms with Gasteiger partial charge < -0.3 is 46.0 Å². The number of hydrogen-bond acceptors (Lipinski definition) is 11. The highest BCUT2D eigenvalue weighted by Gasteiger charge is 2.51. The van der Waals surface area contributed by atoms with E-state index in [1.54, 1.807) is 0 Å². The summed E-state index contributed by atoms with van der Waals surface area (Å²) in [6.07, 6.45) is 8.76. The van der Waals surface area contributed by atoms with Gasteiger partial charge >= 0.3 is 7.82 Å². The third-order valence-corrected chi connectivity index (χ3v) is 10.5. The summed E-state index contributed by atoms with van der Waals surface area (Å²) in [5.41, 5.74) is 0. The van der Waals surface area contributed by atoms with Crippen molar-refractivity contribution in [3.63, 3.8) is 0 Å². The first kappa shape index (κ1) is 46.3. The van der Waals surface area contributed by atoms with Gasteiger partial charge in [-0.15, -0.1) is 0 Å². The number of carbonyl (C=O) groups excluding carboxylic acids is 1. The van der Waals surface area contributed by atoms with Crippen LogP contribution in [0.5, 0.6) is 0 Å². The number of amides is 1. The van der Waals surface area contributed by atoms with E-state index in [1.807, 2.05) is 6.92 Å². The lowest BCUT2D eigenvalue weighted by molar-refractivity contribution is -0.220. The van der Waals surface area contributed by atoms with E-state index in [0.717, 1.165) is 38.5 Å². The van der Waals surface area contributed by atoms with E-state index in [-0.39, 0.29) is 12.8 Å². The van der Waals surface area contributed by atoms with E-state index >= 15 is 0 Å². The molecule has 0 aliphatic heterocycles. The van der Waals surface area contributed by atoms with Crippen molar-refractivity contribution in [1.82, 2.24) is 5.32 Å². The predicted molar refractivity (Wildman–Crippen MR) is 188 cm³/mol. The maximum atomic E-state index is 12.8. The SMILES string of the molecule is CCCCCCCCCCCCCCCCCCC(O)CC(=O)NC(COP(=O)(O)OC1C(O)C(O)C(O)C(O)C1O)C(O)CCCCC. The zero-order valence-electron chi connectivity index (χ0n) is 30.1. The van der Waals surface area contributed by atoms with Crippen molar-refractivity contribution in [3.05, 3.63) is 0 Å². The molecule has 292 valence electrons. The minimum absolute atomic E-state index is 0.219. The lowest BCUT2D eigenvalue weighted by Gasteiger charge is -2.41. The molecule has 1 amide bonds. The molecule has 1 saturated carbocycles. The van der Waals surface area contributed by atoms with Crippen LogP contribution in [0.25, 0.3) is 0 Å². The summed E-state index contributed by atoms with van der Waals surface area (Å²) in [6.45, 7) is 3.54. The fraction of sp³-hybridized carbons (Fsp3) is 0.971. The largest absolute Gasteiger partial charge is 0.472 e. The molecular weight excluding hydrogens is 657 g/mol. The topological polar surface area (TPSA) is 226 Å². The number of aliphatic hydroxyl groups excluding tert-OH is 7. The number of phosphoric acid groups is 1. The third-order valence-electron chi connectivity index (χ3n) is 9.47. The molecule has 0 aromatic rings. The summed E-state index contributed by atoms with van der Waals surface area (Å²) in [4.78, 5) is 23.0. The standard InChI is InChI=1S/C35H70NO12P/c1-3-5-7-8-9-10-11-12-13-14-15-16-17-18-19-21-22-26(37)24-29(39)36-27(28(38)23-20-6-4-2)25-47-49(45,46)48-35-33(43)31(41)30(40)32(42)34(35)44/h26-28,30-35,37-38,40-44H,3-25H2,1-2H3,(H,36,39)(H,45,46). The number of phosphoric ester groups is 1. The summed E-state index contributed by atoms with van der Waals surface area (Å²) < 4.78 is 22.5. The van der Waals surface area contributed by atoms with Gasteiger partial charge in [-0.05, 0) is 12.8 Å². The molecule has 0 bridgehead atoms. The molecule has 49 heavy (non-hydrogen) atoms. The molecule has 1 aliphatic carbocycles. The van der Waals surface area contributed by atoms with Crippen LogP contribution in [0.4, 0.5) is 0 Å². The van der Waals surface area contributed by atoms with Crippen molar-refractivity contribution in [1.29, 1.82) is 0 Å². The molecular formula is C35H70NO12P. The van der Waals surface area contributed by atoms with Gasteiger partial charge in [0, 0.05) is 0 Å². The molecule has 0 saturated heterocycles. The molecule has 8 atom stereocenters. The molecule has 0 radical (unpaired) electrons. The van der Waals surface area contributed by atoms with Crippen molar-refractivity contribution in [3.8, 4) is 0 Å². The molecule has 1 aliphatic rings. The molecule has 8 unspecified atom stereocenters. The van der Waals surface area contributed by atoms with Crippen LogP contribution in [-0.2, 0) is 18.4 Å². The number of hydrogen-bond donors (Lipinski definition) is 9. The Labute approximate surface area is 294 Å². The predicted octanol–water partition coefficient (Wildman–Crippen LogP) is 4.14. The highest BCUT2D eigenvalue weighted by atomic mass is 31.2. The van der Waals surface area contributed by atoms with Crippen molar-refractivity contribution >= 4 is 13.7 Å². The Balaban J connectivity index is 2.39. The maximum Gasteiger partial charge on any atom is 0.472 e.